The minimum atomic E-state index is 0.0703. The molecule has 1 rings (SSSR count). The Bertz CT molecular complexity index is 321. The molecule has 0 radical (unpaired) electrons. The van der Waals surface area contributed by atoms with Crippen LogP contribution in [0.15, 0.2) is 23.4 Å². The molecule has 15 heavy (non-hydrogen) atoms. The van der Waals surface area contributed by atoms with Gasteiger partial charge < -0.3 is 5.73 Å². The molecule has 0 aromatic carbocycles. The van der Waals surface area contributed by atoms with Gasteiger partial charge >= 0.3 is 0 Å². The van der Waals surface area contributed by atoms with Crippen LogP contribution in [-0.2, 0) is 0 Å². The van der Waals surface area contributed by atoms with Crippen LogP contribution in [0.2, 0.25) is 0 Å². The molecule has 0 aliphatic carbocycles. The monoisotopic (exact) mass is 223 g/mol. The molecular formula is C11H17N3S. The minimum Gasteiger partial charge on any atom is -0.384 e. The molecule has 1 unspecified atom stereocenters. The van der Waals surface area contributed by atoms with Crippen molar-refractivity contribution in [2.45, 2.75) is 25.3 Å². The Labute approximate surface area is 95.0 Å². The zero-order chi connectivity index (χ0) is 11.3. The molecule has 0 saturated carbocycles. The van der Waals surface area contributed by atoms with E-state index in [4.69, 9.17) is 11.1 Å². The van der Waals surface area contributed by atoms with Gasteiger partial charge in [-0.3, -0.25) is 5.41 Å². The Kier molecular flexibility index (Phi) is 4.62. The predicted molar refractivity (Wildman–Crippen MR) is 65.4 cm³/mol. The number of nitrogens with zero attached hydrogens (tertiary/aromatic N) is 1. The second-order valence-electron chi connectivity index (χ2n) is 3.62. The van der Waals surface area contributed by atoms with Crippen molar-refractivity contribution >= 4 is 17.6 Å². The zero-order valence-corrected chi connectivity index (χ0v) is 9.97. The SMILES string of the molecule is CCC(C)CSc1ccc(C(=N)N)cn1. The van der Waals surface area contributed by atoms with Crippen LogP contribution in [0, 0.1) is 11.3 Å². The first kappa shape index (κ1) is 12.0. The van der Waals surface area contributed by atoms with Crippen LogP contribution < -0.4 is 5.73 Å². The summed E-state index contributed by atoms with van der Waals surface area (Å²) >= 11 is 1.75. The quantitative estimate of drug-likeness (QED) is 0.458. The maximum atomic E-state index is 7.24. The number of thioether (sulfide) groups is 1. The van der Waals surface area contributed by atoms with E-state index < -0.39 is 0 Å². The molecule has 0 spiro atoms. The molecule has 0 bridgehead atoms. The van der Waals surface area contributed by atoms with Crippen molar-refractivity contribution in [2.24, 2.45) is 11.7 Å². The molecule has 0 saturated heterocycles. The molecule has 1 heterocycles. The van der Waals surface area contributed by atoms with E-state index in [1.165, 1.54) is 6.42 Å². The highest BCUT2D eigenvalue weighted by atomic mass is 32.2. The van der Waals surface area contributed by atoms with E-state index in [0.717, 1.165) is 10.8 Å². The number of aromatic nitrogens is 1. The van der Waals surface area contributed by atoms with Gasteiger partial charge in [0.25, 0.3) is 0 Å². The third kappa shape index (κ3) is 3.91. The first-order chi connectivity index (χ1) is 7.13. The summed E-state index contributed by atoms with van der Waals surface area (Å²) in [5.41, 5.74) is 6.03. The standard InChI is InChI=1S/C11H17N3S/c1-3-8(2)7-15-10-5-4-9(6-14-10)11(12)13/h4-6,8H,3,7H2,1-2H3,(H3,12,13). The van der Waals surface area contributed by atoms with E-state index in [0.29, 0.717) is 11.5 Å². The van der Waals surface area contributed by atoms with Gasteiger partial charge in [0, 0.05) is 17.5 Å². The topological polar surface area (TPSA) is 62.8 Å². The van der Waals surface area contributed by atoms with Crippen molar-refractivity contribution in [1.29, 1.82) is 5.41 Å². The van der Waals surface area contributed by atoms with Gasteiger partial charge in [0.15, 0.2) is 0 Å². The van der Waals surface area contributed by atoms with Gasteiger partial charge in [0.05, 0.1) is 5.03 Å². The van der Waals surface area contributed by atoms with Gasteiger partial charge in [-0.25, -0.2) is 4.98 Å². The van der Waals surface area contributed by atoms with E-state index in [9.17, 15) is 0 Å². The smallest absolute Gasteiger partial charge is 0.124 e. The summed E-state index contributed by atoms with van der Waals surface area (Å²) in [6.07, 6.45) is 2.85. The fraction of sp³-hybridized carbons (Fsp3) is 0.455. The number of hydrogen-bond acceptors (Lipinski definition) is 3. The van der Waals surface area contributed by atoms with Crippen molar-refractivity contribution in [1.82, 2.24) is 4.98 Å². The largest absolute Gasteiger partial charge is 0.384 e. The molecular weight excluding hydrogens is 206 g/mol. The molecule has 0 fully saturated rings. The van der Waals surface area contributed by atoms with Crippen molar-refractivity contribution < 1.29 is 0 Å². The van der Waals surface area contributed by atoms with Gasteiger partial charge in [-0.1, -0.05) is 20.3 Å². The summed E-state index contributed by atoms with van der Waals surface area (Å²) < 4.78 is 0. The summed E-state index contributed by atoms with van der Waals surface area (Å²) in [6, 6.07) is 3.76. The number of rotatable bonds is 5. The number of nitrogen functional groups attached to an aromatic ring is 1. The fourth-order valence-corrected chi connectivity index (χ4v) is 1.95. The molecule has 0 amide bonds. The lowest BCUT2D eigenvalue weighted by molar-refractivity contribution is 0.636. The second kappa shape index (κ2) is 5.75. The van der Waals surface area contributed by atoms with Crippen molar-refractivity contribution in [3.8, 4) is 0 Å². The molecule has 3 N–H and O–H groups in total. The average Bonchev–Trinajstić information content (AvgIpc) is 2.26. The van der Waals surface area contributed by atoms with Gasteiger partial charge in [-0.2, -0.15) is 0 Å². The normalized spacial score (nSPS) is 12.4. The molecule has 0 aliphatic rings. The molecule has 1 aromatic heterocycles. The Morgan fingerprint density at radius 1 is 1.60 bits per heavy atom. The molecule has 0 aliphatic heterocycles. The Morgan fingerprint density at radius 2 is 2.33 bits per heavy atom. The second-order valence-corrected chi connectivity index (χ2v) is 4.66. The van der Waals surface area contributed by atoms with E-state index in [2.05, 4.69) is 18.8 Å². The van der Waals surface area contributed by atoms with Gasteiger partial charge in [0.2, 0.25) is 0 Å². The van der Waals surface area contributed by atoms with Gasteiger partial charge in [0.1, 0.15) is 5.84 Å². The third-order valence-electron chi connectivity index (χ3n) is 2.26. The van der Waals surface area contributed by atoms with Gasteiger partial charge in [-0.15, -0.1) is 11.8 Å². The fourth-order valence-electron chi connectivity index (χ4n) is 0.970. The van der Waals surface area contributed by atoms with Crippen molar-refractivity contribution in [3.05, 3.63) is 23.9 Å². The summed E-state index contributed by atoms with van der Waals surface area (Å²) in [6.45, 7) is 4.43. The molecule has 4 heteroatoms. The van der Waals surface area contributed by atoms with Crippen LogP contribution >= 0.6 is 11.8 Å². The molecule has 1 aromatic rings. The van der Waals surface area contributed by atoms with E-state index in [1.54, 1.807) is 18.0 Å². The van der Waals surface area contributed by atoms with Crippen molar-refractivity contribution in [2.75, 3.05) is 5.75 Å². The number of nitrogens with two attached hydrogens (primary N) is 1. The van der Waals surface area contributed by atoms with Gasteiger partial charge in [-0.05, 0) is 18.1 Å². The highest BCUT2D eigenvalue weighted by Gasteiger charge is 2.02. The summed E-state index contributed by atoms with van der Waals surface area (Å²) in [4.78, 5) is 4.25. The first-order valence-electron chi connectivity index (χ1n) is 5.06. The highest BCUT2D eigenvalue weighted by molar-refractivity contribution is 7.99. The lowest BCUT2D eigenvalue weighted by Crippen LogP contribution is -2.11. The maximum absolute atomic E-state index is 7.24. The van der Waals surface area contributed by atoms with Crippen LogP contribution in [0.25, 0.3) is 0 Å². The summed E-state index contributed by atoms with van der Waals surface area (Å²) in [7, 11) is 0. The average molecular weight is 223 g/mol. The highest BCUT2D eigenvalue weighted by Crippen LogP contribution is 2.19. The predicted octanol–water partition coefficient (Wildman–Crippen LogP) is 2.50. The molecule has 1 atom stereocenters. The molecule has 82 valence electrons. The number of amidine groups is 1. The van der Waals surface area contributed by atoms with E-state index in [1.807, 2.05) is 12.1 Å². The van der Waals surface area contributed by atoms with Crippen LogP contribution in [0.4, 0.5) is 0 Å². The maximum Gasteiger partial charge on any atom is 0.124 e. The van der Waals surface area contributed by atoms with E-state index >= 15 is 0 Å². The summed E-state index contributed by atoms with van der Waals surface area (Å²) in [5, 5.41) is 8.24. The zero-order valence-electron chi connectivity index (χ0n) is 9.16. The number of pyridine rings is 1. The number of nitrogens with one attached hydrogen (secondary N) is 1. The Morgan fingerprint density at radius 3 is 2.80 bits per heavy atom. The van der Waals surface area contributed by atoms with Crippen LogP contribution in [0.1, 0.15) is 25.8 Å². The summed E-state index contributed by atoms with van der Waals surface area (Å²) in [5.74, 6) is 1.87. The van der Waals surface area contributed by atoms with Crippen LogP contribution in [-0.4, -0.2) is 16.6 Å². The van der Waals surface area contributed by atoms with Crippen LogP contribution in [0.3, 0.4) is 0 Å². The number of hydrogen-bond donors (Lipinski definition) is 2. The van der Waals surface area contributed by atoms with Crippen LogP contribution in [0.5, 0.6) is 0 Å². The lowest BCUT2D eigenvalue weighted by atomic mass is 10.2. The Balaban J connectivity index is 2.53. The van der Waals surface area contributed by atoms with E-state index in [-0.39, 0.29) is 5.84 Å². The van der Waals surface area contributed by atoms with Crippen molar-refractivity contribution in [3.63, 3.8) is 0 Å². The molecule has 3 nitrogen and oxygen atoms in total. The minimum absolute atomic E-state index is 0.0703. The Hall–Kier alpha value is -1.03. The first-order valence-corrected chi connectivity index (χ1v) is 6.05. The third-order valence-corrected chi connectivity index (χ3v) is 3.53. The lowest BCUT2D eigenvalue weighted by Gasteiger charge is -2.07.